The maximum absolute atomic E-state index is 5.87. The minimum absolute atomic E-state index is 0.746. The molecule has 2 nitrogen and oxygen atoms in total. The van der Waals surface area contributed by atoms with Gasteiger partial charge in [-0.2, -0.15) is 0 Å². The Morgan fingerprint density at radius 2 is 1.74 bits per heavy atom. The van der Waals surface area contributed by atoms with Gasteiger partial charge in [0.15, 0.2) is 0 Å². The van der Waals surface area contributed by atoms with Gasteiger partial charge in [-0.05, 0) is 48.3 Å². The number of pyridine rings is 1. The third kappa shape index (κ3) is 2.83. The van der Waals surface area contributed by atoms with Gasteiger partial charge in [0.25, 0.3) is 0 Å². The Morgan fingerprint density at radius 1 is 0.947 bits per heavy atom. The molecule has 1 heterocycles. The smallest absolute Gasteiger partial charge is 0.0941 e. The second-order valence-electron chi connectivity index (χ2n) is 4.04. The van der Waals surface area contributed by atoms with Crippen LogP contribution < -0.4 is 4.72 Å². The van der Waals surface area contributed by atoms with E-state index in [1.807, 2.05) is 42.5 Å². The van der Waals surface area contributed by atoms with Gasteiger partial charge in [0.2, 0.25) is 0 Å². The quantitative estimate of drug-likeness (QED) is 0.685. The number of anilines is 1. The molecule has 0 aliphatic rings. The summed E-state index contributed by atoms with van der Waals surface area (Å²) < 4.78 is 3.33. The van der Waals surface area contributed by atoms with E-state index in [-0.39, 0.29) is 0 Å². The minimum atomic E-state index is 0.746. The number of fused-ring (bicyclic) bond motifs is 1. The zero-order chi connectivity index (χ0) is 13.1. The summed E-state index contributed by atoms with van der Waals surface area (Å²) in [5.74, 6) is 0. The Morgan fingerprint density at radius 3 is 2.58 bits per heavy atom. The topological polar surface area (TPSA) is 24.9 Å². The van der Waals surface area contributed by atoms with Crippen LogP contribution in [0.3, 0.4) is 0 Å². The number of rotatable bonds is 3. The van der Waals surface area contributed by atoms with Crippen LogP contribution in [0.1, 0.15) is 0 Å². The lowest BCUT2D eigenvalue weighted by molar-refractivity contribution is 1.41. The predicted molar refractivity (Wildman–Crippen MR) is 82.7 cm³/mol. The van der Waals surface area contributed by atoms with Crippen molar-refractivity contribution in [3.8, 4) is 0 Å². The third-order valence-electron chi connectivity index (χ3n) is 2.73. The molecule has 19 heavy (non-hydrogen) atoms. The van der Waals surface area contributed by atoms with E-state index >= 15 is 0 Å². The van der Waals surface area contributed by atoms with E-state index in [4.69, 9.17) is 11.6 Å². The summed E-state index contributed by atoms with van der Waals surface area (Å²) in [5, 5.41) is 1.88. The van der Waals surface area contributed by atoms with E-state index in [1.165, 1.54) is 0 Å². The molecule has 0 spiro atoms. The van der Waals surface area contributed by atoms with E-state index in [0.29, 0.717) is 0 Å². The van der Waals surface area contributed by atoms with E-state index in [0.717, 1.165) is 26.5 Å². The van der Waals surface area contributed by atoms with Crippen LogP contribution in [-0.4, -0.2) is 4.98 Å². The van der Waals surface area contributed by atoms with Crippen LogP contribution in [0.25, 0.3) is 10.9 Å². The fraction of sp³-hybridized carbons (Fsp3) is 0. The number of hydrogen-bond donors (Lipinski definition) is 1. The largest absolute Gasteiger partial charge is 0.324 e. The molecule has 1 aromatic heterocycles. The van der Waals surface area contributed by atoms with Crippen molar-refractivity contribution < 1.29 is 0 Å². The molecule has 0 aliphatic carbocycles. The van der Waals surface area contributed by atoms with Crippen molar-refractivity contribution in [2.75, 3.05) is 4.72 Å². The van der Waals surface area contributed by atoms with Gasteiger partial charge in [0, 0.05) is 21.5 Å². The van der Waals surface area contributed by atoms with Crippen molar-refractivity contribution in [1.29, 1.82) is 0 Å². The SMILES string of the molecule is Clc1ccc(SNc2cccc3cccnc23)cc1. The Kier molecular flexibility index (Phi) is 3.58. The predicted octanol–water partition coefficient (Wildman–Crippen LogP) is 5.01. The lowest BCUT2D eigenvalue weighted by Gasteiger charge is -2.08. The van der Waals surface area contributed by atoms with Gasteiger partial charge in [-0.3, -0.25) is 4.98 Å². The number of hydrogen-bond acceptors (Lipinski definition) is 3. The molecule has 0 unspecified atom stereocenters. The molecular weight excluding hydrogens is 276 g/mol. The van der Waals surface area contributed by atoms with E-state index < -0.39 is 0 Å². The molecule has 0 aliphatic heterocycles. The van der Waals surface area contributed by atoms with Crippen molar-refractivity contribution in [2.45, 2.75) is 4.90 Å². The van der Waals surface area contributed by atoms with Crippen molar-refractivity contribution in [2.24, 2.45) is 0 Å². The highest BCUT2D eigenvalue weighted by Gasteiger charge is 2.01. The standard InChI is InChI=1S/C15H11ClN2S/c16-12-6-8-13(9-7-12)19-18-14-5-1-3-11-4-2-10-17-15(11)14/h1-10,18H. The second kappa shape index (κ2) is 5.51. The normalized spacial score (nSPS) is 10.6. The van der Waals surface area contributed by atoms with Gasteiger partial charge >= 0.3 is 0 Å². The summed E-state index contributed by atoms with van der Waals surface area (Å²) in [6.45, 7) is 0. The highest BCUT2D eigenvalue weighted by molar-refractivity contribution is 8.00. The molecule has 0 saturated carbocycles. The molecule has 3 rings (SSSR count). The highest BCUT2D eigenvalue weighted by Crippen LogP contribution is 2.27. The Hall–Kier alpha value is -1.71. The fourth-order valence-electron chi connectivity index (χ4n) is 1.80. The lowest BCUT2D eigenvalue weighted by atomic mass is 10.2. The Balaban J connectivity index is 1.84. The van der Waals surface area contributed by atoms with Gasteiger partial charge < -0.3 is 4.72 Å². The molecular formula is C15H11ClN2S. The van der Waals surface area contributed by atoms with Gasteiger partial charge in [0.1, 0.15) is 0 Å². The number of nitrogens with one attached hydrogen (secondary N) is 1. The summed E-state index contributed by atoms with van der Waals surface area (Å²) in [7, 11) is 0. The van der Waals surface area contributed by atoms with Crippen LogP contribution in [0.15, 0.2) is 65.7 Å². The molecule has 0 saturated heterocycles. The van der Waals surface area contributed by atoms with Crippen molar-refractivity contribution >= 4 is 40.1 Å². The Labute approximate surface area is 121 Å². The van der Waals surface area contributed by atoms with Crippen LogP contribution in [0.5, 0.6) is 0 Å². The molecule has 0 bridgehead atoms. The van der Waals surface area contributed by atoms with Crippen LogP contribution >= 0.6 is 23.5 Å². The molecule has 1 N–H and O–H groups in total. The van der Waals surface area contributed by atoms with Crippen LogP contribution in [0.2, 0.25) is 5.02 Å². The molecule has 0 atom stereocenters. The first kappa shape index (κ1) is 12.3. The first-order valence-electron chi connectivity index (χ1n) is 5.85. The van der Waals surface area contributed by atoms with Crippen LogP contribution in [0.4, 0.5) is 5.69 Å². The van der Waals surface area contributed by atoms with E-state index in [9.17, 15) is 0 Å². The number of aromatic nitrogens is 1. The number of nitrogens with zero attached hydrogens (tertiary/aromatic N) is 1. The number of benzene rings is 2. The molecule has 0 amide bonds. The fourth-order valence-corrected chi connectivity index (χ4v) is 2.59. The minimum Gasteiger partial charge on any atom is -0.324 e. The third-order valence-corrected chi connectivity index (χ3v) is 3.81. The average molecular weight is 287 g/mol. The summed E-state index contributed by atoms with van der Waals surface area (Å²) >= 11 is 7.42. The zero-order valence-electron chi connectivity index (χ0n) is 10.0. The van der Waals surface area contributed by atoms with E-state index in [1.54, 1.807) is 18.1 Å². The van der Waals surface area contributed by atoms with Gasteiger partial charge in [-0.1, -0.05) is 29.8 Å². The van der Waals surface area contributed by atoms with Gasteiger partial charge in [-0.25, -0.2) is 0 Å². The monoisotopic (exact) mass is 286 g/mol. The molecule has 94 valence electrons. The maximum Gasteiger partial charge on any atom is 0.0941 e. The first-order chi connectivity index (χ1) is 9.33. The second-order valence-corrected chi connectivity index (χ2v) is 5.35. The summed E-state index contributed by atoms with van der Waals surface area (Å²) in [5.41, 5.74) is 1.99. The number of para-hydroxylation sites is 1. The first-order valence-corrected chi connectivity index (χ1v) is 7.04. The molecule has 0 fully saturated rings. The average Bonchev–Trinajstić information content (AvgIpc) is 2.47. The van der Waals surface area contributed by atoms with Crippen LogP contribution in [0, 0.1) is 0 Å². The summed E-state index contributed by atoms with van der Waals surface area (Å²) in [6.07, 6.45) is 1.81. The van der Waals surface area contributed by atoms with Crippen molar-refractivity contribution in [3.05, 3.63) is 65.8 Å². The van der Waals surface area contributed by atoms with Gasteiger partial charge in [0.05, 0.1) is 11.2 Å². The molecule has 4 heteroatoms. The van der Waals surface area contributed by atoms with Crippen molar-refractivity contribution in [3.63, 3.8) is 0 Å². The lowest BCUT2D eigenvalue weighted by Crippen LogP contribution is -1.89. The van der Waals surface area contributed by atoms with Crippen molar-refractivity contribution in [1.82, 2.24) is 4.98 Å². The maximum atomic E-state index is 5.87. The number of halogens is 1. The molecule has 3 aromatic rings. The summed E-state index contributed by atoms with van der Waals surface area (Å²) in [4.78, 5) is 5.52. The highest BCUT2D eigenvalue weighted by atomic mass is 35.5. The molecule has 0 radical (unpaired) electrons. The zero-order valence-corrected chi connectivity index (χ0v) is 11.6. The van der Waals surface area contributed by atoms with E-state index in [2.05, 4.69) is 21.8 Å². The van der Waals surface area contributed by atoms with Crippen LogP contribution in [-0.2, 0) is 0 Å². The van der Waals surface area contributed by atoms with Gasteiger partial charge in [-0.15, -0.1) is 0 Å². The summed E-state index contributed by atoms with van der Waals surface area (Å²) in [6, 6.07) is 17.8. The molecule has 2 aromatic carbocycles. The Bertz CT molecular complexity index is 693.